The average molecular weight is 520 g/mol. The second kappa shape index (κ2) is 13.6. The van der Waals surface area contributed by atoms with Crippen molar-refractivity contribution in [2.75, 3.05) is 12.5 Å². The summed E-state index contributed by atoms with van der Waals surface area (Å²) in [6.07, 6.45) is -0.416. The van der Waals surface area contributed by atoms with Crippen LogP contribution in [-0.2, 0) is 28.6 Å². The summed E-state index contributed by atoms with van der Waals surface area (Å²) >= 11 is 2.74. The molecule has 0 aliphatic rings. The Morgan fingerprint density at radius 3 is 2.27 bits per heavy atom. The van der Waals surface area contributed by atoms with Crippen LogP contribution in [0.15, 0.2) is 17.5 Å². The molecule has 33 heavy (non-hydrogen) atoms. The molecule has 0 aromatic carbocycles. The van der Waals surface area contributed by atoms with Crippen LogP contribution in [0.2, 0.25) is 0 Å². The van der Waals surface area contributed by atoms with Gasteiger partial charge in [0.2, 0.25) is 17.8 Å². The van der Waals surface area contributed by atoms with Crippen LogP contribution >= 0.6 is 34.9 Å². The summed E-state index contributed by atoms with van der Waals surface area (Å²) in [5, 5.41) is 3.28. The van der Waals surface area contributed by atoms with Gasteiger partial charge >= 0.3 is 17.2 Å². The van der Waals surface area contributed by atoms with E-state index in [-0.39, 0.29) is 16.8 Å². The van der Waals surface area contributed by atoms with E-state index >= 15 is 0 Å². The second-order valence-electron chi connectivity index (χ2n) is 7.83. The predicted octanol–water partition coefficient (Wildman–Crippen LogP) is 3.86. The number of nitrogens with one attached hydrogen (secondary N) is 1. The van der Waals surface area contributed by atoms with Crippen LogP contribution in [0.1, 0.15) is 51.2 Å². The summed E-state index contributed by atoms with van der Waals surface area (Å²) < 4.78 is 13.5. The van der Waals surface area contributed by atoms with Crippen molar-refractivity contribution in [3.63, 3.8) is 0 Å². The molecule has 0 bridgehead atoms. The lowest BCUT2D eigenvalue weighted by Gasteiger charge is -2.25. The largest absolute Gasteiger partial charge is 0.461 e. The van der Waals surface area contributed by atoms with Crippen LogP contribution in [-0.4, -0.2) is 57.7 Å². The zero-order valence-corrected chi connectivity index (χ0v) is 21.8. The molecule has 0 radical (unpaired) electrons. The molecule has 1 amide bonds. The van der Waals surface area contributed by atoms with Gasteiger partial charge in [0.15, 0.2) is 0 Å². The normalized spacial score (nSPS) is 12.2. The Balaban J connectivity index is 2.72. The van der Waals surface area contributed by atoms with Gasteiger partial charge in [0.05, 0.1) is 21.6 Å². The average Bonchev–Trinajstić information content (AvgIpc) is 3.24. The van der Waals surface area contributed by atoms with Gasteiger partial charge < -0.3 is 19.5 Å². The summed E-state index contributed by atoms with van der Waals surface area (Å²) in [5.74, 6) is -2.24. The van der Waals surface area contributed by atoms with Gasteiger partial charge in [0.25, 0.3) is 0 Å². The molecule has 0 aliphatic heterocycles. The van der Waals surface area contributed by atoms with Crippen LogP contribution in [0.4, 0.5) is 4.79 Å². The van der Waals surface area contributed by atoms with E-state index in [9.17, 15) is 24.0 Å². The van der Waals surface area contributed by atoms with E-state index in [1.165, 1.54) is 25.2 Å². The number of rotatable bonds is 11. The number of thioether (sulfide) groups is 2. The fraction of sp³-hybridized carbons (Fsp3) is 0.571. The summed E-state index contributed by atoms with van der Waals surface area (Å²) in [6, 6.07) is 2.31. The number of hydrogen-bond acceptors (Lipinski definition) is 11. The molecule has 1 heterocycles. The minimum atomic E-state index is -1.32. The Labute approximate surface area is 205 Å². The Hall–Kier alpha value is -2.05. The van der Waals surface area contributed by atoms with Crippen molar-refractivity contribution >= 4 is 63.1 Å². The van der Waals surface area contributed by atoms with E-state index in [0.29, 0.717) is 16.6 Å². The number of esters is 2. The van der Waals surface area contributed by atoms with Crippen molar-refractivity contribution < 1.29 is 38.2 Å². The van der Waals surface area contributed by atoms with E-state index in [0.717, 1.165) is 11.8 Å². The number of carbonyl (C=O) groups is 5. The highest BCUT2D eigenvalue weighted by atomic mass is 32.2. The first-order valence-electron chi connectivity index (χ1n) is 10.1. The monoisotopic (exact) mass is 519 g/mol. The van der Waals surface area contributed by atoms with E-state index in [1.54, 1.807) is 45.2 Å². The van der Waals surface area contributed by atoms with Gasteiger partial charge in [-0.2, -0.15) is 0 Å². The standard InChI is InChI=1S/C21H29NO8S3/c1-12(2)16(23)28-11-29-20(27)33-21(5,6)19(26)22-14(17(24)30-13(3)4)10-32-18(25)15-8-7-9-31-15/h7-9,12-14H,10-11H2,1-6H3,(H,22,26)/t14-/m0/s1. The maximum absolute atomic E-state index is 12.8. The minimum Gasteiger partial charge on any atom is -0.461 e. The van der Waals surface area contributed by atoms with Crippen molar-refractivity contribution in [3.05, 3.63) is 22.4 Å². The molecule has 1 N–H and O–H groups in total. The van der Waals surface area contributed by atoms with Crippen LogP contribution < -0.4 is 5.32 Å². The SMILES string of the molecule is CC(C)OC(=O)[C@H](CSC(=O)c1cccs1)NC(=O)C(C)(C)SC(=O)OCOC(=O)C(C)C. The second-order valence-corrected chi connectivity index (χ2v) is 11.3. The molecular formula is C21H29NO8S3. The molecule has 1 atom stereocenters. The topological polar surface area (TPSA) is 125 Å². The third kappa shape index (κ3) is 10.6. The number of ether oxygens (including phenoxy) is 3. The third-order valence-electron chi connectivity index (χ3n) is 3.78. The van der Waals surface area contributed by atoms with Crippen LogP contribution in [0.5, 0.6) is 0 Å². The van der Waals surface area contributed by atoms with Crippen molar-refractivity contribution in [1.82, 2.24) is 5.32 Å². The summed E-state index contributed by atoms with van der Waals surface area (Å²) in [7, 11) is 0. The zero-order valence-electron chi connectivity index (χ0n) is 19.4. The van der Waals surface area contributed by atoms with E-state index in [4.69, 9.17) is 14.2 Å². The van der Waals surface area contributed by atoms with Crippen molar-refractivity contribution in [3.8, 4) is 0 Å². The molecule has 0 saturated heterocycles. The molecule has 184 valence electrons. The molecule has 12 heteroatoms. The number of hydrogen-bond donors (Lipinski definition) is 1. The van der Waals surface area contributed by atoms with Gasteiger partial charge in [-0.05, 0) is 50.9 Å². The number of thiophene rings is 1. The smallest absolute Gasteiger partial charge is 0.371 e. The summed E-state index contributed by atoms with van der Waals surface area (Å²) in [6.45, 7) is 9.00. The molecule has 0 spiro atoms. The Bertz CT molecular complexity index is 837. The lowest BCUT2D eigenvalue weighted by atomic mass is 10.2. The lowest BCUT2D eigenvalue weighted by Crippen LogP contribution is -2.50. The quantitative estimate of drug-likeness (QED) is 0.340. The van der Waals surface area contributed by atoms with Crippen molar-refractivity contribution in [2.45, 2.75) is 58.4 Å². The maximum atomic E-state index is 12.8. The van der Waals surface area contributed by atoms with Gasteiger partial charge in [-0.3, -0.25) is 14.4 Å². The van der Waals surface area contributed by atoms with E-state index in [1.807, 2.05) is 0 Å². The molecule has 1 aromatic heterocycles. The van der Waals surface area contributed by atoms with Gasteiger partial charge in [-0.1, -0.05) is 31.7 Å². The van der Waals surface area contributed by atoms with Crippen molar-refractivity contribution in [2.24, 2.45) is 5.92 Å². The Morgan fingerprint density at radius 2 is 1.73 bits per heavy atom. The fourth-order valence-corrected chi connectivity index (χ4v) is 4.33. The maximum Gasteiger partial charge on any atom is 0.371 e. The van der Waals surface area contributed by atoms with Crippen molar-refractivity contribution in [1.29, 1.82) is 0 Å². The summed E-state index contributed by atoms with van der Waals surface area (Å²) in [4.78, 5) is 61.6. The van der Waals surface area contributed by atoms with Crippen LogP contribution in [0, 0.1) is 5.92 Å². The molecule has 0 unspecified atom stereocenters. The molecule has 0 fully saturated rings. The summed E-state index contributed by atoms with van der Waals surface area (Å²) in [5.41, 5.74) is 0. The van der Waals surface area contributed by atoms with Gasteiger partial charge in [-0.25, -0.2) is 9.59 Å². The first-order chi connectivity index (χ1) is 15.3. The predicted molar refractivity (Wildman–Crippen MR) is 128 cm³/mol. The molecule has 9 nitrogen and oxygen atoms in total. The molecule has 1 rings (SSSR count). The Kier molecular flexibility index (Phi) is 12.0. The number of carbonyl (C=O) groups excluding carboxylic acids is 5. The first-order valence-corrected chi connectivity index (χ1v) is 12.8. The highest BCUT2D eigenvalue weighted by Crippen LogP contribution is 2.27. The van der Waals surface area contributed by atoms with Crippen LogP contribution in [0.3, 0.4) is 0 Å². The number of amides is 1. The van der Waals surface area contributed by atoms with Crippen LogP contribution in [0.25, 0.3) is 0 Å². The molecular weight excluding hydrogens is 490 g/mol. The van der Waals surface area contributed by atoms with Gasteiger partial charge in [0, 0.05) is 5.75 Å². The lowest BCUT2D eigenvalue weighted by molar-refractivity contribution is -0.155. The Morgan fingerprint density at radius 1 is 1.06 bits per heavy atom. The molecule has 0 aliphatic carbocycles. The van der Waals surface area contributed by atoms with E-state index < -0.39 is 46.8 Å². The van der Waals surface area contributed by atoms with Gasteiger partial charge in [-0.15, -0.1) is 11.3 Å². The highest BCUT2D eigenvalue weighted by molar-refractivity contribution is 8.15. The fourth-order valence-electron chi connectivity index (χ4n) is 2.03. The molecule has 1 aromatic rings. The van der Waals surface area contributed by atoms with Gasteiger partial charge in [0.1, 0.15) is 6.04 Å². The first kappa shape index (κ1) is 29.0. The third-order valence-corrected chi connectivity index (χ3v) is 6.74. The minimum absolute atomic E-state index is 0.0373. The zero-order chi connectivity index (χ0) is 25.2. The molecule has 0 saturated carbocycles. The highest BCUT2D eigenvalue weighted by Gasteiger charge is 2.36. The van der Waals surface area contributed by atoms with E-state index in [2.05, 4.69) is 5.32 Å².